The molecule has 0 amide bonds. The smallest absolute Gasteiger partial charge is 0.303 e. The molecule has 0 atom stereocenters. The lowest BCUT2D eigenvalue weighted by Crippen LogP contribution is -1.93. The highest BCUT2D eigenvalue weighted by molar-refractivity contribution is 9.09. The monoisotopic (exact) mass is 276 g/mol. The van der Waals surface area contributed by atoms with Crippen molar-refractivity contribution >= 4 is 21.9 Å². The molecule has 0 fully saturated rings. The van der Waals surface area contributed by atoms with Crippen molar-refractivity contribution in [1.82, 2.24) is 0 Å². The summed E-state index contributed by atoms with van der Waals surface area (Å²) in [6, 6.07) is 0. The first-order valence-electron chi connectivity index (χ1n) is 5.70. The molecule has 1 N–H and O–H groups in total. The van der Waals surface area contributed by atoms with E-state index in [9.17, 15) is 4.79 Å². The number of carboxylic acids is 1. The van der Waals surface area contributed by atoms with Gasteiger partial charge in [0.15, 0.2) is 0 Å². The van der Waals surface area contributed by atoms with Crippen LogP contribution in [0, 0.1) is 0 Å². The van der Waals surface area contributed by atoms with Gasteiger partial charge in [-0.05, 0) is 25.7 Å². The van der Waals surface area contributed by atoms with E-state index in [4.69, 9.17) is 5.11 Å². The van der Waals surface area contributed by atoms with Crippen LogP contribution in [0.25, 0.3) is 0 Å². The number of unbranched alkanes of at least 4 members (excludes halogenated alkanes) is 5. The molecule has 0 unspecified atom stereocenters. The molecule has 0 aromatic rings. The van der Waals surface area contributed by atoms with Gasteiger partial charge in [0.2, 0.25) is 0 Å². The molecule has 0 aromatic heterocycles. The van der Waals surface area contributed by atoms with E-state index in [1.807, 2.05) is 0 Å². The Hall–Kier alpha value is -0.310. The summed E-state index contributed by atoms with van der Waals surface area (Å²) >= 11 is 3.37. The lowest BCUT2D eigenvalue weighted by atomic mass is 10.1. The molecule has 0 aliphatic rings. The summed E-state index contributed by atoms with van der Waals surface area (Å²) in [5.41, 5.74) is 0. The Balaban J connectivity index is 3.01. The van der Waals surface area contributed by atoms with E-state index < -0.39 is 5.97 Å². The fraction of sp³-hybridized carbons (Fsp3) is 0.750. The zero-order chi connectivity index (χ0) is 11.4. The maximum atomic E-state index is 10.2. The number of carbonyl (C=O) groups is 1. The first kappa shape index (κ1) is 14.7. The van der Waals surface area contributed by atoms with Crippen molar-refractivity contribution in [3.05, 3.63) is 12.2 Å². The van der Waals surface area contributed by atoms with Gasteiger partial charge in [-0.3, -0.25) is 4.79 Å². The van der Waals surface area contributed by atoms with Gasteiger partial charge < -0.3 is 5.11 Å². The van der Waals surface area contributed by atoms with Crippen molar-refractivity contribution in [2.24, 2.45) is 0 Å². The Kier molecular flexibility index (Phi) is 11.5. The highest BCUT2D eigenvalue weighted by atomic mass is 79.9. The van der Waals surface area contributed by atoms with Crippen LogP contribution in [0.1, 0.15) is 51.4 Å². The Morgan fingerprint density at radius 2 is 1.60 bits per heavy atom. The van der Waals surface area contributed by atoms with E-state index in [2.05, 4.69) is 28.1 Å². The fourth-order valence-corrected chi connectivity index (χ4v) is 1.63. The maximum Gasteiger partial charge on any atom is 0.303 e. The molecule has 2 nitrogen and oxygen atoms in total. The van der Waals surface area contributed by atoms with Crippen molar-refractivity contribution < 1.29 is 9.90 Å². The molecular weight excluding hydrogens is 256 g/mol. The highest BCUT2D eigenvalue weighted by Gasteiger charge is 1.95. The quantitative estimate of drug-likeness (QED) is 0.370. The summed E-state index contributed by atoms with van der Waals surface area (Å²) in [7, 11) is 0. The standard InChI is InChI=1S/C12H21BrO2/c13-11-9-7-5-3-1-2-4-6-8-10-12(14)15/h5,7H,1-4,6,8-11H2,(H,14,15). The second-order valence-corrected chi connectivity index (χ2v) is 4.44. The van der Waals surface area contributed by atoms with E-state index in [0.717, 1.165) is 31.0 Å². The number of aliphatic carboxylic acids is 1. The van der Waals surface area contributed by atoms with Crippen LogP contribution in [-0.2, 0) is 4.79 Å². The van der Waals surface area contributed by atoms with E-state index >= 15 is 0 Å². The van der Waals surface area contributed by atoms with Crippen molar-refractivity contribution in [2.75, 3.05) is 5.33 Å². The number of hydrogen-bond donors (Lipinski definition) is 1. The van der Waals surface area contributed by atoms with Crippen LogP contribution in [0.15, 0.2) is 12.2 Å². The number of alkyl halides is 1. The van der Waals surface area contributed by atoms with Crippen molar-refractivity contribution in [2.45, 2.75) is 51.4 Å². The minimum atomic E-state index is -0.673. The van der Waals surface area contributed by atoms with Gasteiger partial charge in [0.1, 0.15) is 0 Å². The molecule has 0 radical (unpaired) electrons. The average molecular weight is 277 g/mol. The van der Waals surface area contributed by atoms with Crippen LogP contribution in [0.5, 0.6) is 0 Å². The first-order chi connectivity index (χ1) is 7.27. The zero-order valence-corrected chi connectivity index (χ0v) is 10.8. The normalized spacial score (nSPS) is 11.0. The summed E-state index contributed by atoms with van der Waals surface area (Å²) in [4.78, 5) is 10.2. The summed E-state index contributed by atoms with van der Waals surface area (Å²) in [6.45, 7) is 0. The third kappa shape index (κ3) is 13.7. The lowest BCUT2D eigenvalue weighted by molar-refractivity contribution is -0.137. The Morgan fingerprint density at radius 1 is 1.00 bits per heavy atom. The number of rotatable bonds is 10. The van der Waals surface area contributed by atoms with Crippen LogP contribution in [-0.4, -0.2) is 16.4 Å². The fourth-order valence-electron chi connectivity index (χ4n) is 1.37. The largest absolute Gasteiger partial charge is 0.481 e. The molecule has 0 spiro atoms. The summed E-state index contributed by atoms with van der Waals surface area (Å²) in [6.07, 6.45) is 12.5. The Morgan fingerprint density at radius 3 is 2.27 bits per heavy atom. The molecule has 0 saturated carbocycles. The van der Waals surface area contributed by atoms with Crippen LogP contribution >= 0.6 is 15.9 Å². The van der Waals surface area contributed by atoms with Crippen LogP contribution in [0.2, 0.25) is 0 Å². The second-order valence-electron chi connectivity index (χ2n) is 3.65. The molecule has 88 valence electrons. The van der Waals surface area contributed by atoms with Crippen molar-refractivity contribution in [3.8, 4) is 0 Å². The number of hydrogen-bond acceptors (Lipinski definition) is 1. The molecule has 15 heavy (non-hydrogen) atoms. The lowest BCUT2D eigenvalue weighted by Gasteiger charge is -1.98. The number of halogens is 1. The Bertz CT molecular complexity index is 178. The van der Waals surface area contributed by atoms with E-state index in [1.165, 1.54) is 19.3 Å². The predicted molar refractivity (Wildman–Crippen MR) is 67.5 cm³/mol. The maximum absolute atomic E-state index is 10.2. The molecule has 0 aliphatic heterocycles. The summed E-state index contributed by atoms with van der Waals surface area (Å²) in [5.74, 6) is -0.673. The molecule has 0 bridgehead atoms. The van der Waals surface area contributed by atoms with E-state index in [1.54, 1.807) is 0 Å². The minimum absolute atomic E-state index is 0.325. The third-order valence-electron chi connectivity index (χ3n) is 2.20. The number of allylic oxidation sites excluding steroid dienone is 2. The highest BCUT2D eigenvalue weighted by Crippen LogP contribution is 2.07. The molecule has 0 aromatic carbocycles. The van der Waals surface area contributed by atoms with Crippen LogP contribution in [0.3, 0.4) is 0 Å². The van der Waals surface area contributed by atoms with Gasteiger partial charge in [0.05, 0.1) is 0 Å². The summed E-state index contributed by atoms with van der Waals surface area (Å²) in [5, 5.41) is 9.46. The minimum Gasteiger partial charge on any atom is -0.481 e. The molecule has 3 heteroatoms. The second kappa shape index (κ2) is 11.8. The average Bonchev–Trinajstić information content (AvgIpc) is 2.20. The molecule has 0 aliphatic carbocycles. The van der Waals surface area contributed by atoms with Gasteiger partial charge in [-0.15, -0.1) is 0 Å². The van der Waals surface area contributed by atoms with E-state index in [-0.39, 0.29) is 0 Å². The third-order valence-corrected chi connectivity index (χ3v) is 2.66. The first-order valence-corrected chi connectivity index (χ1v) is 6.82. The Labute approximate surface area is 101 Å². The van der Waals surface area contributed by atoms with Gasteiger partial charge in [-0.25, -0.2) is 0 Å². The zero-order valence-electron chi connectivity index (χ0n) is 9.25. The van der Waals surface area contributed by atoms with Gasteiger partial charge in [0, 0.05) is 11.8 Å². The van der Waals surface area contributed by atoms with Gasteiger partial charge in [-0.2, -0.15) is 0 Å². The van der Waals surface area contributed by atoms with Gasteiger partial charge >= 0.3 is 5.97 Å². The molecule has 0 rings (SSSR count). The van der Waals surface area contributed by atoms with Crippen molar-refractivity contribution in [3.63, 3.8) is 0 Å². The molecule has 0 heterocycles. The summed E-state index contributed by atoms with van der Waals surface area (Å²) < 4.78 is 0. The SMILES string of the molecule is O=C(O)CCCCCCCC=CCCBr. The predicted octanol–water partition coefficient (Wildman–Crippen LogP) is 4.14. The van der Waals surface area contributed by atoms with Crippen LogP contribution < -0.4 is 0 Å². The topological polar surface area (TPSA) is 37.3 Å². The molecular formula is C12H21BrO2. The number of carboxylic acid groups (broad SMARTS) is 1. The van der Waals surface area contributed by atoms with Gasteiger partial charge in [-0.1, -0.05) is 47.3 Å². The van der Waals surface area contributed by atoms with Crippen molar-refractivity contribution in [1.29, 1.82) is 0 Å². The van der Waals surface area contributed by atoms with Crippen LogP contribution in [0.4, 0.5) is 0 Å². The van der Waals surface area contributed by atoms with E-state index in [0.29, 0.717) is 6.42 Å². The van der Waals surface area contributed by atoms with Gasteiger partial charge in [0.25, 0.3) is 0 Å². The molecule has 0 saturated heterocycles.